The van der Waals surface area contributed by atoms with E-state index < -0.39 is 24.1 Å². The molecule has 1 unspecified atom stereocenters. The van der Waals surface area contributed by atoms with Crippen molar-refractivity contribution in [3.8, 4) is 0 Å². The molecule has 4 rings (SSSR count). The number of hydrogen-bond donors (Lipinski definition) is 2. The second-order valence-corrected chi connectivity index (χ2v) is 9.40. The fourth-order valence-electron chi connectivity index (χ4n) is 4.51. The van der Waals surface area contributed by atoms with Gasteiger partial charge in [-0.05, 0) is 49.6 Å². The molecule has 0 spiro atoms. The number of aliphatic hydroxyl groups excluding tert-OH is 1. The van der Waals surface area contributed by atoms with Crippen molar-refractivity contribution in [3.63, 3.8) is 0 Å². The van der Waals surface area contributed by atoms with Crippen LogP contribution in [0.5, 0.6) is 0 Å². The Bertz CT molecular complexity index is 1400. The summed E-state index contributed by atoms with van der Waals surface area (Å²) in [7, 11) is 0. The summed E-state index contributed by atoms with van der Waals surface area (Å²) >= 11 is 0. The van der Waals surface area contributed by atoms with Crippen LogP contribution in [0.1, 0.15) is 63.5 Å². The minimum Gasteiger partial charge on any atom is -0.364 e. The van der Waals surface area contributed by atoms with Crippen LogP contribution in [0, 0.1) is 0 Å². The molecule has 0 radical (unpaired) electrons. The molecule has 1 saturated heterocycles. The molecule has 0 aliphatic carbocycles. The van der Waals surface area contributed by atoms with Gasteiger partial charge in [0.1, 0.15) is 5.57 Å². The quantitative estimate of drug-likeness (QED) is 0.228. The SMILES string of the molecule is CCCCN1C(=O)/C(=C\C=C\c2cn(C(C)CC)c3ccccc23)C(=O)N(c2ccc(C(O)O)cc2)C1=O. The number of hydrogen-bond acceptors (Lipinski definition) is 5. The third-order valence-corrected chi connectivity index (χ3v) is 6.89. The number of aliphatic hydroxyl groups is 2. The van der Waals surface area contributed by atoms with Crippen LogP contribution in [0.2, 0.25) is 0 Å². The highest BCUT2D eigenvalue weighted by Crippen LogP contribution is 2.28. The predicted molar refractivity (Wildman–Crippen MR) is 147 cm³/mol. The molecule has 1 aromatic heterocycles. The summed E-state index contributed by atoms with van der Waals surface area (Å²) in [5.41, 5.74) is 2.42. The normalized spacial score (nSPS) is 16.6. The van der Waals surface area contributed by atoms with Crippen LogP contribution in [0.3, 0.4) is 0 Å². The molecule has 1 aliphatic rings. The smallest absolute Gasteiger partial charge is 0.338 e. The zero-order chi connectivity index (χ0) is 27.4. The van der Waals surface area contributed by atoms with Crippen LogP contribution in [0.4, 0.5) is 10.5 Å². The number of amides is 4. The third-order valence-electron chi connectivity index (χ3n) is 6.89. The minimum absolute atomic E-state index is 0.117. The number of carbonyl (C=O) groups is 3. The van der Waals surface area contributed by atoms with Crippen LogP contribution in [0.15, 0.2) is 72.5 Å². The van der Waals surface area contributed by atoms with Crippen molar-refractivity contribution in [2.45, 2.75) is 52.4 Å². The fraction of sp³-hybridized carbons (Fsp3) is 0.300. The number of carbonyl (C=O) groups excluding carboxylic acids is 3. The lowest BCUT2D eigenvalue weighted by molar-refractivity contribution is -0.129. The molecule has 8 heteroatoms. The number of allylic oxidation sites excluding steroid dienone is 2. The van der Waals surface area contributed by atoms with Crippen molar-refractivity contribution in [2.75, 3.05) is 11.4 Å². The van der Waals surface area contributed by atoms with Gasteiger partial charge in [0.2, 0.25) is 0 Å². The molecule has 0 saturated carbocycles. The average molecular weight is 516 g/mol. The molecule has 3 aromatic rings. The van der Waals surface area contributed by atoms with E-state index in [0.29, 0.717) is 12.5 Å². The number of barbiturate groups is 1. The first-order chi connectivity index (χ1) is 18.3. The topological polar surface area (TPSA) is 103 Å². The Balaban J connectivity index is 1.71. The highest BCUT2D eigenvalue weighted by molar-refractivity contribution is 6.37. The van der Waals surface area contributed by atoms with Crippen molar-refractivity contribution < 1.29 is 24.6 Å². The Morgan fingerprint density at radius 3 is 2.32 bits per heavy atom. The van der Waals surface area contributed by atoms with Gasteiger partial charge in [0.05, 0.1) is 5.69 Å². The van der Waals surface area contributed by atoms with Gasteiger partial charge in [-0.2, -0.15) is 0 Å². The zero-order valence-electron chi connectivity index (χ0n) is 21.9. The summed E-state index contributed by atoms with van der Waals surface area (Å²) in [5.74, 6) is -1.35. The van der Waals surface area contributed by atoms with Crippen molar-refractivity contribution in [1.29, 1.82) is 0 Å². The van der Waals surface area contributed by atoms with Crippen LogP contribution >= 0.6 is 0 Å². The third kappa shape index (κ3) is 5.18. The van der Waals surface area contributed by atoms with Gasteiger partial charge < -0.3 is 14.8 Å². The largest absolute Gasteiger partial charge is 0.364 e. The molecule has 0 bridgehead atoms. The molecule has 4 amide bonds. The maximum Gasteiger partial charge on any atom is 0.338 e. The summed E-state index contributed by atoms with van der Waals surface area (Å²) in [6.07, 6.45) is 7.74. The molecule has 2 N–H and O–H groups in total. The van der Waals surface area contributed by atoms with E-state index >= 15 is 0 Å². The van der Waals surface area contributed by atoms with Gasteiger partial charge in [0, 0.05) is 35.2 Å². The van der Waals surface area contributed by atoms with Crippen LogP contribution in [0.25, 0.3) is 17.0 Å². The monoisotopic (exact) mass is 515 g/mol. The van der Waals surface area contributed by atoms with Gasteiger partial charge in [0.15, 0.2) is 6.29 Å². The van der Waals surface area contributed by atoms with Gasteiger partial charge in [-0.25, -0.2) is 9.69 Å². The second kappa shape index (κ2) is 11.6. The van der Waals surface area contributed by atoms with Crippen molar-refractivity contribution >= 4 is 40.5 Å². The number of benzene rings is 2. The first-order valence-corrected chi connectivity index (χ1v) is 12.9. The molecule has 2 aromatic carbocycles. The van der Waals surface area contributed by atoms with Gasteiger partial charge in [-0.15, -0.1) is 0 Å². The first-order valence-electron chi connectivity index (χ1n) is 12.9. The Morgan fingerprint density at radius 2 is 1.66 bits per heavy atom. The molecular formula is C30H33N3O5. The first kappa shape index (κ1) is 27.0. The number of para-hydroxylation sites is 1. The highest BCUT2D eigenvalue weighted by Gasteiger charge is 2.42. The van der Waals surface area contributed by atoms with Crippen LogP contribution < -0.4 is 4.90 Å². The van der Waals surface area contributed by atoms with E-state index in [9.17, 15) is 24.6 Å². The van der Waals surface area contributed by atoms with E-state index in [1.165, 1.54) is 30.3 Å². The fourth-order valence-corrected chi connectivity index (χ4v) is 4.51. The van der Waals surface area contributed by atoms with Crippen molar-refractivity contribution in [2.24, 2.45) is 0 Å². The summed E-state index contributed by atoms with van der Waals surface area (Å²) in [4.78, 5) is 41.9. The number of imide groups is 2. The standard InChI is InChI=1S/C30H33N3O5/c1-4-6-18-31-27(34)25(28(35)33(30(31)38)23-16-14-21(15-17-23)29(36)37)12-9-10-22-19-32(20(3)5-2)26-13-8-7-11-24(22)26/h7-17,19-20,29,36-37H,4-6,18H2,1-3H3/b10-9+,25-12+. The number of fused-ring (bicyclic) bond motifs is 1. The molecule has 2 heterocycles. The predicted octanol–water partition coefficient (Wildman–Crippen LogP) is 5.33. The Labute approximate surface area is 222 Å². The Hall–Kier alpha value is -4.01. The van der Waals surface area contributed by atoms with Crippen LogP contribution in [-0.2, 0) is 9.59 Å². The molecule has 38 heavy (non-hydrogen) atoms. The second-order valence-electron chi connectivity index (χ2n) is 9.40. The average Bonchev–Trinajstić information content (AvgIpc) is 3.29. The maximum atomic E-state index is 13.4. The van der Waals surface area contributed by atoms with Crippen molar-refractivity contribution in [3.05, 3.63) is 83.6 Å². The number of nitrogens with zero attached hydrogens (tertiary/aromatic N) is 3. The van der Waals surface area contributed by atoms with Gasteiger partial charge in [-0.3, -0.25) is 14.5 Å². The summed E-state index contributed by atoms with van der Waals surface area (Å²) in [6.45, 7) is 6.44. The van der Waals surface area contributed by atoms with Crippen molar-refractivity contribution in [1.82, 2.24) is 9.47 Å². The summed E-state index contributed by atoms with van der Waals surface area (Å²) in [5, 5.41) is 19.8. The minimum atomic E-state index is -1.67. The lowest BCUT2D eigenvalue weighted by Crippen LogP contribution is -2.56. The molecular weight excluding hydrogens is 482 g/mol. The van der Waals surface area contributed by atoms with Crippen LogP contribution in [-0.4, -0.2) is 44.1 Å². The van der Waals surface area contributed by atoms with E-state index in [-0.39, 0.29) is 23.4 Å². The Morgan fingerprint density at radius 1 is 0.947 bits per heavy atom. The lowest BCUT2D eigenvalue weighted by Gasteiger charge is -2.34. The summed E-state index contributed by atoms with van der Waals surface area (Å²) < 4.78 is 2.22. The Kier molecular flexibility index (Phi) is 8.24. The van der Waals surface area contributed by atoms with E-state index in [0.717, 1.165) is 39.1 Å². The highest BCUT2D eigenvalue weighted by atomic mass is 16.5. The number of anilines is 1. The lowest BCUT2D eigenvalue weighted by atomic mass is 10.1. The van der Waals surface area contributed by atoms with E-state index in [1.807, 2.05) is 31.2 Å². The number of rotatable bonds is 9. The maximum absolute atomic E-state index is 13.4. The number of urea groups is 1. The van der Waals surface area contributed by atoms with E-state index in [2.05, 4.69) is 30.7 Å². The number of aromatic nitrogens is 1. The molecule has 1 aliphatic heterocycles. The zero-order valence-corrected chi connectivity index (χ0v) is 21.9. The molecule has 1 fully saturated rings. The molecule has 1 atom stereocenters. The van der Waals surface area contributed by atoms with Gasteiger partial charge >= 0.3 is 6.03 Å². The summed E-state index contributed by atoms with van der Waals surface area (Å²) in [6, 6.07) is 13.4. The van der Waals surface area contributed by atoms with E-state index in [4.69, 9.17) is 0 Å². The molecule has 8 nitrogen and oxygen atoms in total. The van der Waals surface area contributed by atoms with E-state index in [1.54, 1.807) is 6.08 Å². The number of unbranched alkanes of at least 4 members (excludes halogenated alkanes) is 1. The molecule has 198 valence electrons. The van der Waals surface area contributed by atoms with Gasteiger partial charge in [0.25, 0.3) is 11.8 Å². The van der Waals surface area contributed by atoms with Gasteiger partial charge in [-0.1, -0.05) is 62.8 Å².